The van der Waals surface area contributed by atoms with E-state index in [2.05, 4.69) is 0 Å². The minimum absolute atomic E-state index is 0.0377. The number of pyridine rings is 1. The molecular weight excluding hydrogens is 381 g/mol. The number of hydrogen-bond donors (Lipinski definition) is 1. The van der Waals surface area contributed by atoms with E-state index in [1.165, 1.54) is 12.1 Å². The highest BCUT2D eigenvalue weighted by atomic mass is 19.1. The van der Waals surface area contributed by atoms with Crippen LogP contribution in [0.4, 0.5) is 4.39 Å². The number of carbonyl (C=O) groups excluding carboxylic acids is 1. The van der Waals surface area contributed by atoms with Gasteiger partial charge in [-0.15, -0.1) is 0 Å². The number of aliphatic hydroxyl groups is 1. The van der Waals surface area contributed by atoms with Crippen molar-refractivity contribution < 1.29 is 19.0 Å². The molecule has 4 nitrogen and oxygen atoms in total. The maximum atomic E-state index is 13.6. The summed E-state index contributed by atoms with van der Waals surface area (Å²) in [6.45, 7) is 0. The Morgan fingerprint density at radius 3 is 2.60 bits per heavy atom. The summed E-state index contributed by atoms with van der Waals surface area (Å²) in [5.74, 6) is -0.270. The highest BCUT2D eigenvalue weighted by Gasteiger charge is 2.30. The molecule has 1 saturated heterocycles. The molecule has 1 aromatic heterocycles. The van der Waals surface area contributed by atoms with Crippen LogP contribution in [-0.2, 0) is 9.53 Å². The van der Waals surface area contributed by atoms with Crippen molar-refractivity contribution in [3.05, 3.63) is 71.7 Å². The Morgan fingerprint density at radius 1 is 1.10 bits per heavy atom. The Bertz CT molecular complexity index is 1140. The zero-order valence-electron chi connectivity index (χ0n) is 16.4. The second kappa shape index (κ2) is 7.65. The fourth-order valence-electron chi connectivity index (χ4n) is 4.14. The lowest BCUT2D eigenvalue weighted by Gasteiger charge is -2.23. The summed E-state index contributed by atoms with van der Waals surface area (Å²) in [5, 5.41) is 10.9. The first-order valence-corrected chi connectivity index (χ1v) is 10.3. The van der Waals surface area contributed by atoms with E-state index in [1.54, 1.807) is 12.1 Å². The monoisotopic (exact) mass is 403 g/mol. The Morgan fingerprint density at radius 2 is 1.87 bits per heavy atom. The predicted molar refractivity (Wildman–Crippen MR) is 113 cm³/mol. The van der Waals surface area contributed by atoms with Crippen LogP contribution in [0.3, 0.4) is 0 Å². The second-order valence-corrected chi connectivity index (χ2v) is 8.07. The van der Waals surface area contributed by atoms with Gasteiger partial charge in [-0.05, 0) is 42.7 Å². The average molecular weight is 403 g/mol. The maximum Gasteiger partial charge on any atom is 0.309 e. The highest BCUT2D eigenvalue weighted by Crippen LogP contribution is 2.45. The van der Waals surface area contributed by atoms with Gasteiger partial charge in [0.05, 0.1) is 23.7 Å². The van der Waals surface area contributed by atoms with Gasteiger partial charge in [-0.2, -0.15) is 0 Å². The van der Waals surface area contributed by atoms with Crippen LogP contribution in [0.25, 0.3) is 28.1 Å². The van der Waals surface area contributed by atoms with Crippen LogP contribution in [0, 0.1) is 5.82 Å². The number of halogens is 1. The number of nitrogens with zero attached hydrogens (tertiary/aromatic N) is 1. The van der Waals surface area contributed by atoms with Crippen molar-refractivity contribution in [3.8, 4) is 11.1 Å². The first-order chi connectivity index (χ1) is 14.6. The number of benzene rings is 2. The first kappa shape index (κ1) is 18.9. The maximum absolute atomic E-state index is 13.6. The van der Waals surface area contributed by atoms with Gasteiger partial charge in [0.25, 0.3) is 0 Å². The first-order valence-electron chi connectivity index (χ1n) is 10.3. The van der Waals surface area contributed by atoms with E-state index in [9.17, 15) is 14.3 Å². The van der Waals surface area contributed by atoms with Crippen molar-refractivity contribution in [2.75, 3.05) is 0 Å². The summed E-state index contributed by atoms with van der Waals surface area (Å²) < 4.78 is 19.0. The zero-order valence-corrected chi connectivity index (χ0v) is 16.4. The lowest BCUT2D eigenvalue weighted by atomic mass is 9.92. The van der Waals surface area contributed by atoms with Gasteiger partial charge in [-0.25, -0.2) is 4.39 Å². The van der Waals surface area contributed by atoms with E-state index in [4.69, 9.17) is 9.72 Å². The number of carbonyl (C=O) groups is 1. The molecule has 0 amide bonds. The van der Waals surface area contributed by atoms with Crippen LogP contribution in [0.1, 0.15) is 42.9 Å². The number of fused-ring (bicyclic) bond motifs is 1. The summed E-state index contributed by atoms with van der Waals surface area (Å²) in [6, 6.07) is 14.5. The topological polar surface area (TPSA) is 59.4 Å². The van der Waals surface area contributed by atoms with Crippen molar-refractivity contribution in [2.45, 2.75) is 43.8 Å². The van der Waals surface area contributed by atoms with Crippen LogP contribution in [0.2, 0.25) is 0 Å². The Labute approximate surface area is 174 Å². The van der Waals surface area contributed by atoms with Gasteiger partial charge in [0, 0.05) is 28.9 Å². The molecule has 1 aliphatic carbocycles. The quantitative estimate of drug-likeness (QED) is 0.623. The lowest BCUT2D eigenvalue weighted by molar-refractivity contribution is -0.156. The summed E-state index contributed by atoms with van der Waals surface area (Å²) in [5.41, 5.74) is 4.82. The molecule has 2 fully saturated rings. The van der Waals surface area contributed by atoms with Crippen molar-refractivity contribution in [2.24, 2.45) is 0 Å². The molecule has 3 aromatic rings. The predicted octanol–water partition coefficient (Wildman–Crippen LogP) is 5.00. The molecule has 0 radical (unpaired) electrons. The molecule has 2 aromatic carbocycles. The number of ether oxygens (including phenoxy) is 1. The van der Waals surface area contributed by atoms with Gasteiger partial charge in [0.2, 0.25) is 0 Å². The molecular formula is C25H22FNO3. The van der Waals surface area contributed by atoms with E-state index in [-0.39, 0.29) is 18.2 Å². The Balaban J connectivity index is 1.68. The summed E-state index contributed by atoms with van der Waals surface area (Å²) in [7, 11) is 0. The molecule has 152 valence electrons. The van der Waals surface area contributed by atoms with Crippen molar-refractivity contribution in [1.29, 1.82) is 0 Å². The van der Waals surface area contributed by atoms with E-state index in [0.717, 1.165) is 46.1 Å². The highest BCUT2D eigenvalue weighted by molar-refractivity contribution is 5.99. The Kier molecular flexibility index (Phi) is 4.83. The van der Waals surface area contributed by atoms with Crippen molar-refractivity contribution in [1.82, 2.24) is 4.98 Å². The molecule has 30 heavy (non-hydrogen) atoms. The third kappa shape index (κ3) is 3.73. The molecule has 2 atom stereocenters. The van der Waals surface area contributed by atoms with Crippen LogP contribution >= 0.6 is 0 Å². The van der Waals surface area contributed by atoms with Gasteiger partial charge in [-0.3, -0.25) is 9.78 Å². The third-order valence-corrected chi connectivity index (χ3v) is 5.72. The van der Waals surface area contributed by atoms with Crippen molar-refractivity contribution in [3.63, 3.8) is 0 Å². The molecule has 1 aliphatic heterocycles. The van der Waals surface area contributed by atoms with E-state index < -0.39 is 12.2 Å². The third-order valence-electron chi connectivity index (χ3n) is 5.72. The standard InChI is InChI=1S/C25H22FNO3/c26-17-9-7-15(8-10-17)24-20-3-1-2-4-22(20)27-25(16-5-6-16)21(24)12-11-19-13-18(28)14-23(29)30-19/h1-4,7-12,16,18-19,28H,5-6,13-14H2/b12-11+. The number of aromatic nitrogens is 1. The molecule has 2 aliphatic rings. The van der Waals surface area contributed by atoms with Crippen LogP contribution in [-0.4, -0.2) is 28.3 Å². The van der Waals surface area contributed by atoms with E-state index >= 15 is 0 Å². The smallest absolute Gasteiger partial charge is 0.309 e. The van der Waals surface area contributed by atoms with Crippen LogP contribution in [0.15, 0.2) is 54.6 Å². The number of hydrogen-bond acceptors (Lipinski definition) is 4. The fourth-order valence-corrected chi connectivity index (χ4v) is 4.14. The number of aliphatic hydroxyl groups excluding tert-OH is 1. The van der Waals surface area contributed by atoms with E-state index in [0.29, 0.717) is 12.3 Å². The van der Waals surface area contributed by atoms with Gasteiger partial charge >= 0.3 is 5.97 Å². The number of rotatable bonds is 4. The van der Waals surface area contributed by atoms with E-state index in [1.807, 2.05) is 36.4 Å². The molecule has 1 saturated carbocycles. The van der Waals surface area contributed by atoms with Gasteiger partial charge in [-0.1, -0.05) is 36.4 Å². The summed E-state index contributed by atoms with van der Waals surface area (Å²) >= 11 is 0. The van der Waals surface area contributed by atoms with Crippen molar-refractivity contribution >= 4 is 22.9 Å². The largest absolute Gasteiger partial charge is 0.458 e. The fraction of sp³-hybridized carbons (Fsp3) is 0.280. The number of cyclic esters (lactones) is 1. The Hall–Kier alpha value is -3.05. The summed E-state index contributed by atoms with van der Waals surface area (Å²) in [4.78, 5) is 16.7. The van der Waals surface area contributed by atoms with Gasteiger partial charge in [0.15, 0.2) is 0 Å². The normalized spacial score (nSPS) is 21.9. The van der Waals surface area contributed by atoms with Gasteiger partial charge < -0.3 is 9.84 Å². The summed E-state index contributed by atoms with van der Waals surface area (Å²) in [6.07, 6.45) is 5.24. The lowest BCUT2D eigenvalue weighted by Crippen LogP contribution is -2.31. The molecule has 2 unspecified atom stereocenters. The van der Waals surface area contributed by atoms with Crippen LogP contribution < -0.4 is 0 Å². The molecule has 5 heteroatoms. The molecule has 2 heterocycles. The van der Waals surface area contributed by atoms with Gasteiger partial charge in [0.1, 0.15) is 11.9 Å². The minimum Gasteiger partial charge on any atom is -0.458 e. The second-order valence-electron chi connectivity index (χ2n) is 8.07. The van der Waals surface area contributed by atoms with Crippen LogP contribution in [0.5, 0.6) is 0 Å². The minimum atomic E-state index is -0.685. The zero-order chi connectivity index (χ0) is 20.7. The molecule has 1 N–H and O–H groups in total. The number of esters is 1. The SMILES string of the molecule is O=C1CC(O)CC(/C=C/c2c(C3CC3)nc3ccccc3c2-c2ccc(F)cc2)O1. The molecule has 5 rings (SSSR count). The average Bonchev–Trinajstić information content (AvgIpc) is 3.57. The molecule has 0 bridgehead atoms. The molecule has 0 spiro atoms. The number of para-hydroxylation sites is 1.